The number of hydrogen-bond donors (Lipinski definition) is 2. The van der Waals surface area contributed by atoms with Crippen LogP contribution in [0.3, 0.4) is 0 Å². The van der Waals surface area contributed by atoms with Gasteiger partial charge in [-0.1, -0.05) is 13.3 Å². The smallest absolute Gasteiger partial charge is 0.328 e. The van der Waals surface area contributed by atoms with Gasteiger partial charge in [-0.15, -0.1) is 0 Å². The zero-order valence-electron chi connectivity index (χ0n) is 12.2. The molecule has 6 nitrogen and oxygen atoms in total. The van der Waals surface area contributed by atoms with Gasteiger partial charge in [0.2, 0.25) is 0 Å². The van der Waals surface area contributed by atoms with Crippen molar-refractivity contribution in [2.45, 2.75) is 32.7 Å². The first-order valence-corrected chi connectivity index (χ1v) is 6.80. The summed E-state index contributed by atoms with van der Waals surface area (Å²) in [4.78, 5) is 26.0. The third-order valence-corrected chi connectivity index (χ3v) is 2.65. The zero-order valence-corrected chi connectivity index (χ0v) is 12.2. The summed E-state index contributed by atoms with van der Waals surface area (Å²) >= 11 is 0. The largest absolute Gasteiger partial charge is 0.482 e. The lowest BCUT2D eigenvalue weighted by Gasteiger charge is -2.13. The molecule has 1 rings (SSSR count). The van der Waals surface area contributed by atoms with E-state index in [4.69, 9.17) is 9.84 Å². The fraction of sp³-hybridized carbons (Fsp3) is 0.400. The van der Waals surface area contributed by atoms with E-state index in [0.717, 1.165) is 18.9 Å². The van der Waals surface area contributed by atoms with Crippen LogP contribution in [0.2, 0.25) is 0 Å². The third-order valence-electron chi connectivity index (χ3n) is 2.65. The minimum atomic E-state index is -1.03. The number of nitrogens with zero attached hydrogens (tertiary/aromatic N) is 1. The molecule has 1 amide bonds. The number of carbonyl (C=O) groups excluding carboxylic acids is 1. The van der Waals surface area contributed by atoms with Crippen molar-refractivity contribution in [3.63, 3.8) is 0 Å². The normalized spacial score (nSPS) is 12.1. The van der Waals surface area contributed by atoms with Crippen molar-refractivity contribution in [1.82, 2.24) is 10.3 Å². The second-order valence-corrected chi connectivity index (χ2v) is 4.64. The van der Waals surface area contributed by atoms with Crippen LogP contribution in [0.1, 0.15) is 32.4 Å². The van der Waals surface area contributed by atoms with Gasteiger partial charge in [-0.2, -0.15) is 0 Å². The first-order chi connectivity index (χ1) is 10.0. The molecule has 0 saturated heterocycles. The molecule has 1 heterocycles. The molecule has 1 atom stereocenters. The van der Waals surface area contributed by atoms with Crippen LogP contribution in [-0.4, -0.2) is 34.6 Å². The standard InChI is InChI=1S/C15H20N2O4/c1-3-4-11(2)17-14(18)10-21-13-7-5-12(16-9-13)6-8-15(19)20/h5-9,11H,3-4,10H2,1-2H3,(H,17,18)(H,19,20). The quantitative estimate of drug-likeness (QED) is 0.714. The minimum absolute atomic E-state index is 0.0694. The molecule has 1 aromatic heterocycles. The first kappa shape index (κ1) is 16.7. The Balaban J connectivity index is 2.42. The van der Waals surface area contributed by atoms with Gasteiger partial charge >= 0.3 is 5.97 Å². The Kier molecular flexibility index (Phi) is 6.94. The van der Waals surface area contributed by atoms with Gasteiger partial charge in [0.05, 0.1) is 11.9 Å². The van der Waals surface area contributed by atoms with Gasteiger partial charge in [-0.05, 0) is 31.6 Å². The SMILES string of the molecule is CCCC(C)NC(=O)COc1ccc(C=CC(=O)O)nc1. The molecule has 0 fully saturated rings. The number of carboxylic acids is 1. The van der Waals surface area contributed by atoms with Crippen molar-refractivity contribution in [3.05, 3.63) is 30.1 Å². The van der Waals surface area contributed by atoms with E-state index < -0.39 is 5.97 Å². The van der Waals surface area contributed by atoms with Crippen LogP contribution in [0.15, 0.2) is 24.4 Å². The van der Waals surface area contributed by atoms with Gasteiger partial charge < -0.3 is 15.2 Å². The minimum Gasteiger partial charge on any atom is -0.482 e. The maximum absolute atomic E-state index is 11.6. The molecule has 0 aromatic carbocycles. The molecule has 2 N–H and O–H groups in total. The van der Waals surface area contributed by atoms with Crippen LogP contribution in [0.25, 0.3) is 6.08 Å². The molecule has 0 aliphatic heterocycles. The fourth-order valence-corrected chi connectivity index (χ4v) is 1.70. The number of carboxylic acid groups (broad SMARTS) is 1. The second kappa shape index (κ2) is 8.73. The summed E-state index contributed by atoms with van der Waals surface area (Å²) < 4.78 is 5.31. The lowest BCUT2D eigenvalue weighted by molar-refractivity contribution is -0.131. The number of carbonyl (C=O) groups is 2. The van der Waals surface area contributed by atoms with Crippen molar-refractivity contribution < 1.29 is 19.4 Å². The van der Waals surface area contributed by atoms with Gasteiger partial charge in [0, 0.05) is 12.1 Å². The van der Waals surface area contributed by atoms with E-state index in [2.05, 4.69) is 17.2 Å². The Morgan fingerprint density at radius 2 is 2.24 bits per heavy atom. The predicted octanol–water partition coefficient (Wildman–Crippen LogP) is 1.86. The number of nitrogens with one attached hydrogen (secondary N) is 1. The number of aliphatic carboxylic acids is 1. The molecular weight excluding hydrogens is 272 g/mol. The Morgan fingerprint density at radius 3 is 2.81 bits per heavy atom. The molecule has 1 aromatic rings. The van der Waals surface area contributed by atoms with Crippen LogP contribution < -0.4 is 10.1 Å². The van der Waals surface area contributed by atoms with Crippen molar-refractivity contribution in [1.29, 1.82) is 0 Å². The fourth-order valence-electron chi connectivity index (χ4n) is 1.70. The highest BCUT2D eigenvalue weighted by molar-refractivity contribution is 5.84. The molecule has 0 saturated carbocycles. The molecule has 0 spiro atoms. The Labute approximate surface area is 123 Å². The molecule has 6 heteroatoms. The highest BCUT2D eigenvalue weighted by Gasteiger charge is 2.07. The maximum Gasteiger partial charge on any atom is 0.328 e. The second-order valence-electron chi connectivity index (χ2n) is 4.64. The average molecular weight is 292 g/mol. The molecule has 114 valence electrons. The number of hydrogen-bond acceptors (Lipinski definition) is 4. The van der Waals surface area contributed by atoms with E-state index in [-0.39, 0.29) is 18.6 Å². The van der Waals surface area contributed by atoms with Crippen LogP contribution in [0.4, 0.5) is 0 Å². The van der Waals surface area contributed by atoms with Gasteiger partial charge in [0.15, 0.2) is 6.61 Å². The summed E-state index contributed by atoms with van der Waals surface area (Å²) in [7, 11) is 0. The van der Waals surface area contributed by atoms with Crippen molar-refractivity contribution >= 4 is 18.0 Å². The average Bonchev–Trinajstić information content (AvgIpc) is 2.44. The number of pyridine rings is 1. The maximum atomic E-state index is 11.6. The van der Waals surface area contributed by atoms with Gasteiger partial charge in [0.25, 0.3) is 5.91 Å². The molecular formula is C15H20N2O4. The number of rotatable bonds is 8. The van der Waals surface area contributed by atoms with Crippen LogP contribution in [0, 0.1) is 0 Å². The van der Waals surface area contributed by atoms with E-state index >= 15 is 0 Å². The number of amides is 1. The Hall–Kier alpha value is -2.37. The van der Waals surface area contributed by atoms with Crippen LogP contribution in [0.5, 0.6) is 5.75 Å². The predicted molar refractivity (Wildman–Crippen MR) is 78.9 cm³/mol. The van der Waals surface area contributed by atoms with E-state index in [1.165, 1.54) is 12.3 Å². The zero-order chi connectivity index (χ0) is 15.7. The molecule has 0 aliphatic rings. The molecule has 1 unspecified atom stereocenters. The van der Waals surface area contributed by atoms with E-state index in [9.17, 15) is 9.59 Å². The number of ether oxygens (including phenoxy) is 1. The highest BCUT2D eigenvalue weighted by Crippen LogP contribution is 2.10. The molecule has 0 radical (unpaired) electrons. The summed E-state index contributed by atoms with van der Waals surface area (Å²) in [6.45, 7) is 3.94. The number of aromatic nitrogens is 1. The third kappa shape index (κ3) is 7.10. The monoisotopic (exact) mass is 292 g/mol. The Morgan fingerprint density at radius 1 is 1.48 bits per heavy atom. The van der Waals surface area contributed by atoms with Crippen molar-refractivity contribution in [2.75, 3.05) is 6.61 Å². The summed E-state index contributed by atoms with van der Waals surface area (Å²) in [6.07, 6.45) is 5.77. The van der Waals surface area contributed by atoms with Crippen molar-refractivity contribution in [3.8, 4) is 5.75 Å². The highest BCUT2D eigenvalue weighted by atomic mass is 16.5. The van der Waals surface area contributed by atoms with E-state index in [1.54, 1.807) is 12.1 Å². The lowest BCUT2D eigenvalue weighted by atomic mass is 10.2. The molecule has 21 heavy (non-hydrogen) atoms. The van der Waals surface area contributed by atoms with Crippen molar-refractivity contribution in [2.24, 2.45) is 0 Å². The first-order valence-electron chi connectivity index (χ1n) is 6.80. The van der Waals surface area contributed by atoms with Gasteiger partial charge in [0.1, 0.15) is 5.75 Å². The topological polar surface area (TPSA) is 88.5 Å². The van der Waals surface area contributed by atoms with E-state index in [1.807, 2.05) is 6.92 Å². The molecule has 0 aliphatic carbocycles. The van der Waals surface area contributed by atoms with E-state index in [0.29, 0.717) is 11.4 Å². The summed E-state index contributed by atoms with van der Waals surface area (Å²) in [6, 6.07) is 3.39. The van der Waals surface area contributed by atoms with Crippen LogP contribution >= 0.6 is 0 Å². The Bertz CT molecular complexity index is 497. The molecule has 0 bridgehead atoms. The summed E-state index contributed by atoms with van der Waals surface area (Å²) in [5, 5.41) is 11.3. The van der Waals surface area contributed by atoms with Crippen LogP contribution in [-0.2, 0) is 9.59 Å². The van der Waals surface area contributed by atoms with Gasteiger partial charge in [-0.25, -0.2) is 4.79 Å². The van der Waals surface area contributed by atoms with Gasteiger partial charge in [-0.3, -0.25) is 9.78 Å². The lowest BCUT2D eigenvalue weighted by Crippen LogP contribution is -2.35. The summed E-state index contributed by atoms with van der Waals surface area (Å²) in [5.41, 5.74) is 0.505. The summed E-state index contributed by atoms with van der Waals surface area (Å²) in [5.74, 6) is -0.749.